The second-order valence-electron chi connectivity index (χ2n) is 8.53. The van der Waals surface area contributed by atoms with Crippen molar-refractivity contribution in [1.29, 1.82) is 0 Å². The smallest absolute Gasteiger partial charge is 0.254 e. The number of aromatic nitrogens is 3. The Kier molecular flexibility index (Phi) is 5.00. The number of nitrogens with zero attached hydrogens (tertiary/aromatic N) is 4. The molecule has 0 spiro atoms. The van der Waals surface area contributed by atoms with Crippen LogP contribution in [-0.4, -0.2) is 44.9 Å². The van der Waals surface area contributed by atoms with Gasteiger partial charge in [0.1, 0.15) is 5.82 Å². The van der Waals surface area contributed by atoms with Crippen molar-refractivity contribution in [1.82, 2.24) is 19.3 Å². The van der Waals surface area contributed by atoms with E-state index in [-0.39, 0.29) is 5.91 Å². The molecule has 0 atom stereocenters. The molecular formula is C27H24N4O2. The molecule has 4 heterocycles. The third-order valence-corrected chi connectivity index (χ3v) is 6.51. The predicted octanol–water partition coefficient (Wildman–Crippen LogP) is 4.40. The van der Waals surface area contributed by atoms with E-state index in [9.17, 15) is 4.79 Å². The molecule has 0 saturated heterocycles. The monoisotopic (exact) mass is 436 g/mol. The number of hydrogen-bond donors (Lipinski definition) is 0. The molecule has 4 aromatic rings. The number of rotatable bonds is 3. The van der Waals surface area contributed by atoms with Gasteiger partial charge in [-0.25, -0.2) is 4.98 Å². The highest BCUT2D eigenvalue weighted by atomic mass is 16.5. The van der Waals surface area contributed by atoms with Gasteiger partial charge in [-0.1, -0.05) is 42.5 Å². The fourth-order valence-corrected chi connectivity index (χ4v) is 4.65. The fourth-order valence-electron chi connectivity index (χ4n) is 4.65. The summed E-state index contributed by atoms with van der Waals surface area (Å²) in [7, 11) is 0. The molecule has 0 radical (unpaired) electrons. The highest BCUT2D eigenvalue weighted by Gasteiger charge is 2.21. The van der Waals surface area contributed by atoms with Gasteiger partial charge < -0.3 is 9.64 Å². The number of ether oxygens (including phenoxy) is 1. The van der Waals surface area contributed by atoms with Gasteiger partial charge in [0.2, 0.25) is 0 Å². The molecule has 6 rings (SSSR count). The van der Waals surface area contributed by atoms with Crippen LogP contribution in [0.25, 0.3) is 22.5 Å². The predicted molar refractivity (Wildman–Crippen MR) is 127 cm³/mol. The van der Waals surface area contributed by atoms with E-state index in [4.69, 9.17) is 4.74 Å². The quantitative estimate of drug-likeness (QED) is 0.478. The standard InChI is InChI=1S/C27H24N4O2/c32-27(30-12-9-19-3-1-2-4-23(19)17-30)22-7-5-21(6-8-22)26-29-16-24-15-28-25(18-31(24)26)20-10-13-33-14-11-20/h1-8,10,15-16,18H,9,11-14,17H2. The van der Waals surface area contributed by atoms with Crippen molar-refractivity contribution in [2.45, 2.75) is 19.4 Å². The Labute approximate surface area is 192 Å². The molecule has 2 aromatic carbocycles. The molecule has 0 saturated carbocycles. The van der Waals surface area contributed by atoms with Gasteiger partial charge in [0.25, 0.3) is 5.91 Å². The topological polar surface area (TPSA) is 59.7 Å². The number of benzene rings is 2. The molecule has 0 aliphatic carbocycles. The summed E-state index contributed by atoms with van der Waals surface area (Å²) in [5, 5.41) is 0. The Morgan fingerprint density at radius 2 is 1.76 bits per heavy atom. The minimum atomic E-state index is 0.0713. The summed E-state index contributed by atoms with van der Waals surface area (Å²) in [6.07, 6.45) is 9.58. The summed E-state index contributed by atoms with van der Waals surface area (Å²) in [5.74, 6) is 0.911. The van der Waals surface area contributed by atoms with E-state index in [1.54, 1.807) is 0 Å². The second-order valence-corrected chi connectivity index (χ2v) is 8.53. The third-order valence-electron chi connectivity index (χ3n) is 6.51. The molecule has 1 amide bonds. The van der Waals surface area contributed by atoms with Gasteiger partial charge in [0.15, 0.2) is 0 Å². The molecule has 2 aliphatic rings. The normalized spacial score (nSPS) is 15.9. The van der Waals surface area contributed by atoms with Crippen molar-refractivity contribution >= 4 is 17.0 Å². The van der Waals surface area contributed by atoms with Crippen LogP contribution in [0.5, 0.6) is 0 Å². The van der Waals surface area contributed by atoms with Gasteiger partial charge in [-0.2, -0.15) is 0 Å². The van der Waals surface area contributed by atoms with E-state index in [1.165, 1.54) is 16.7 Å². The molecule has 0 bridgehead atoms. The van der Waals surface area contributed by atoms with Crippen LogP contribution in [0.15, 0.2) is 73.2 Å². The highest BCUT2D eigenvalue weighted by Crippen LogP contribution is 2.25. The molecule has 6 nitrogen and oxygen atoms in total. The Balaban J connectivity index is 1.26. The van der Waals surface area contributed by atoms with Crippen molar-refractivity contribution in [3.8, 4) is 11.4 Å². The van der Waals surface area contributed by atoms with Crippen LogP contribution in [0.1, 0.15) is 33.6 Å². The molecule has 0 fully saturated rings. The maximum atomic E-state index is 13.1. The number of amides is 1. The van der Waals surface area contributed by atoms with E-state index < -0.39 is 0 Å². The average Bonchev–Trinajstić information content (AvgIpc) is 3.32. The molecular weight excluding hydrogens is 412 g/mol. The Bertz CT molecular complexity index is 1370. The molecule has 6 heteroatoms. The first-order valence-electron chi connectivity index (χ1n) is 11.3. The Morgan fingerprint density at radius 1 is 0.939 bits per heavy atom. The molecule has 2 aromatic heterocycles. The van der Waals surface area contributed by atoms with Gasteiger partial charge in [-0.3, -0.25) is 14.2 Å². The fraction of sp³-hybridized carbons (Fsp3) is 0.222. The molecule has 0 N–H and O–H groups in total. The first-order chi connectivity index (χ1) is 16.3. The number of carbonyl (C=O) groups excluding carboxylic acids is 1. The minimum Gasteiger partial charge on any atom is -0.377 e. The van der Waals surface area contributed by atoms with Gasteiger partial charge in [0, 0.05) is 30.4 Å². The lowest BCUT2D eigenvalue weighted by Gasteiger charge is -2.29. The first kappa shape index (κ1) is 19.9. The van der Waals surface area contributed by atoms with E-state index in [1.807, 2.05) is 53.8 Å². The Hall–Kier alpha value is -3.77. The summed E-state index contributed by atoms with van der Waals surface area (Å²) < 4.78 is 7.49. The maximum absolute atomic E-state index is 13.1. The molecule has 164 valence electrons. The number of hydrogen-bond acceptors (Lipinski definition) is 4. The lowest BCUT2D eigenvalue weighted by atomic mass is 9.99. The summed E-state index contributed by atoms with van der Waals surface area (Å²) >= 11 is 0. The SMILES string of the molecule is O=C(c1ccc(-c2ncc3cnc(C4=CCOCC4)cn23)cc1)N1CCc2ccccc2C1. The maximum Gasteiger partial charge on any atom is 0.254 e. The van der Waals surface area contributed by atoms with Crippen LogP contribution in [0.4, 0.5) is 0 Å². The molecule has 2 aliphatic heterocycles. The van der Waals surface area contributed by atoms with Gasteiger partial charge in [-0.15, -0.1) is 0 Å². The first-order valence-corrected chi connectivity index (χ1v) is 11.3. The summed E-state index contributed by atoms with van der Waals surface area (Å²) in [5.41, 5.74) is 7.33. The Morgan fingerprint density at radius 3 is 2.58 bits per heavy atom. The van der Waals surface area contributed by atoms with Gasteiger partial charge >= 0.3 is 0 Å². The van der Waals surface area contributed by atoms with Crippen LogP contribution >= 0.6 is 0 Å². The number of imidazole rings is 1. The van der Waals surface area contributed by atoms with Crippen LogP contribution in [0.2, 0.25) is 0 Å². The van der Waals surface area contributed by atoms with Crippen molar-refractivity contribution in [2.75, 3.05) is 19.8 Å². The van der Waals surface area contributed by atoms with Crippen LogP contribution in [0.3, 0.4) is 0 Å². The van der Waals surface area contributed by atoms with Crippen LogP contribution in [-0.2, 0) is 17.7 Å². The lowest BCUT2D eigenvalue weighted by Crippen LogP contribution is -2.35. The van der Waals surface area contributed by atoms with Crippen LogP contribution < -0.4 is 0 Å². The zero-order valence-electron chi connectivity index (χ0n) is 18.3. The largest absolute Gasteiger partial charge is 0.377 e. The lowest BCUT2D eigenvalue weighted by molar-refractivity contribution is 0.0734. The van der Waals surface area contributed by atoms with Gasteiger partial charge in [-0.05, 0) is 41.7 Å². The van der Waals surface area contributed by atoms with Crippen molar-refractivity contribution in [3.05, 3.63) is 95.6 Å². The van der Waals surface area contributed by atoms with Gasteiger partial charge in [0.05, 0.1) is 36.8 Å². The van der Waals surface area contributed by atoms with E-state index in [0.717, 1.165) is 48.6 Å². The molecule has 33 heavy (non-hydrogen) atoms. The third kappa shape index (κ3) is 3.72. The highest BCUT2D eigenvalue weighted by molar-refractivity contribution is 5.94. The number of carbonyl (C=O) groups is 1. The minimum absolute atomic E-state index is 0.0713. The second kappa shape index (κ2) is 8.30. The van der Waals surface area contributed by atoms with E-state index >= 15 is 0 Å². The van der Waals surface area contributed by atoms with Crippen LogP contribution in [0, 0.1) is 0 Å². The average molecular weight is 437 g/mol. The van der Waals surface area contributed by atoms with Crippen molar-refractivity contribution < 1.29 is 9.53 Å². The summed E-state index contributed by atoms with van der Waals surface area (Å²) in [4.78, 5) is 24.3. The zero-order valence-corrected chi connectivity index (χ0v) is 18.3. The van der Waals surface area contributed by atoms with E-state index in [0.29, 0.717) is 18.7 Å². The summed E-state index contributed by atoms with van der Waals surface area (Å²) in [6, 6.07) is 16.1. The molecule has 0 unspecified atom stereocenters. The zero-order chi connectivity index (χ0) is 22.2. The van der Waals surface area contributed by atoms with E-state index in [2.05, 4.69) is 38.6 Å². The number of fused-ring (bicyclic) bond motifs is 2. The van der Waals surface area contributed by atoms with Crippen molar-refractivity contribution in [2.24, 2.45) is 0 Å². The van der Waals surface area contributed by atoms with Crippen molar-refractivity contribution in [3.63, 3.8) is 0 Å². The summed E-state index contributed by atoms with van der Waals surface area (Å²) in [6.45, 7) is 2.77.